The molecular formula is C11H20O3. The van der Waals surface area contributed by atoms with E-state index in [2.05, 4.69) is 6.92 Å². The molecule has 0 aliphatic carbocycles. The Morgan fingerprint density at radius 3 is 2.86 bits per heavy atom. The van der Waals surface area contributed by atoms with Gasteiger partial charge in [-0.2, -0.15) is 0 Å². The lowest BCUT2D eigenvalue weighted by Crippen LogP contribution is -2.17. The minimum atomic E-state index is -0.0926. The Morgan fingerprint density at radius 2 is 2.21 bits per heavy atom. The number of rotatable bonds is 6. The van der Waals surface area contributed by atoms with Gasteiger partial charge in [0.2, 0.25) is 0 Å². The number of cyclic esters (lactones) is 1. The van der Waals surface area contributed by atoms with E-state index in [9.17, 15) is 4.79 Å². The van der Waals surface area contributed by atoms with E-state index in [0.29, 0.717) is 18.8 Å². The summed E-state index contributed by atoms with van der Waals surface area (Å²) in [5, 5.41) is 8.81. The van der Waals surface area contributed by atoms with Gasteiger partial charge in [0.05, 0.1) is 6.42 Å². The van der Waals surface area contributed by atoms with Crippen LogP contribution in [0.3, 0.4) is 0 Å². The van der Waals surface area contributed by atoms with Crippen molar-refractivity contribution in [2.45, 2.75) is 51.6 Å². The Hall–Kier alpha value is -0.570. The number of unbranched alkanes of at least 4 members (excludes halogenated alkanes) is 2. The second-order valence-corrected chi connectivity index (χ2v) is 4.00. The molecular weight excluding hydrogens is 180 g/mol. The summed E-state index contributed by atoms with van der Waals surface area (Å²) in [6.45, 7) is 2.28. The minimum absolute atomic E-state index is 0.0237. The van der Waals surface area contributed by atoms with E-state index in [1.807, 2.05) is 0 Å². The molecule has 1 aliphatic heterocycles. The van der Waals surface area contributed by atoms with Gasteiger partial charge in [0.1, 0.15) is 6.10 Å². The van der Waals surface area contributed by atoms with Gasteiger partial charge in [0, 0.05) is 18.9 Å². The molecule has 0 amide bonds. The van der Waals surface area contributed by atoms with Crippen molar-refractivity contribution < 1.29 is 14.6 Å². The summed E-state index contributed by atoms with van der Waals surface area (Å²) in [5.41, 5.74) is 0. The topological polar surface area (TPSA) is 46.5 Å². The SMILES string of the molecule is CCCCC[C@H]1CC(=O)O[C@@H]1CCO. The molecule has 0 saturated carbocycles. The van der Waals surface area contributed by atoms with Gasteiger partial charge in [-0.3, -0.25) is 4.79 Å². The van der Waals surface area contributed by atoms with Crippen molar-refractivity contribution in [3.05, 3.63) is 0 Å². The Labute approximate surface area is 85.5 Å². The molecule has 82 valence electrons. The van der Waals surface area contributed by atoms with E-state index in [-0.39, 0.29) is 18.7 Å². The zero-order valence-corrected chi connectivity index (χ0v) is 8.87. The second-order valence-electron chi connectivity index (χ2n) is 4.00. The number of ether oxygens (including phenoxy) is 1. The number of hydrogen-bond acceptors (Lipinski definition) is 3. The maximum atomic E-state index is 11.1. The van der Waals surface area contributed by atoms with E-state index in [0.717, 1.165) is 6.42 Å². The van der Waals surface area contributed by atoms with Crippen LogP contribution in [0.25, 0.3) is 0 Å². The number of aliphatic hydroxyl groups excluding tert-OH is 1. The highest BCUT2D eigenvalue weighted by Crippen LogP contribution is 2.29. The molecule has 1 rings (SSSR count). The van der Waals surface area contributed by atoms with Crippen molar-refractivity contribution in [1.82, 2.24) is 0 Å². The lowest BCUT2D eigenvalue weighted by Gasteiger charge is -2.15. The van der Waals surface area contributed by atoms with Crippen LogP contribution < -0.4 is 0 Å². The molecule has 1 N–H and O–H groups in total. The van der Waals surface area contributed by atoms with Crippen molar-refractivity contribution in [2.24, 2.45) is 5.92 Å². The summed E-state index contributed by atoms with van der Waals surface area (Å²) in [5.74, 6) is 0.256. The van der Waals surface area contributed by atoms with Crippen molar-refractivity contribution in [2.75, 3.05) is 6.61 Å². The van der Waals surface area contributed by atoms with Crippen LogP contribution in [-0.4, -0.2) is 23.8 Å². The fourth-order valence-electron chi connectivity index (χ4n) is 2.03. The van der Waals surface area contributed by atoms with Crippen molar-refractivity contribution in [3.8, 4) is 0 Å². The van der Waals surface area contributed by atoms with Crippen LogP contribution in [-0.2, 0) is 9.53 Å². The Kier molecular flexibility index (Phi) is 4.94. The minimum Gasteiger partial charge on any atom is -0.462 e. The molecule has 0 unspecified atom stereocenters. The first kappa shape index (κ1) is 11.5. The van der Waals surface area contributed by atoms with Gasteiger partial charge in [0.25, 0.3) is 0 Å². The maximum Gasteiger partial charge on any atom is 0.306 e. The zero-order valence-electron chi connectivity index (χ0n) is 8.87. The van der Waals surface area contributed by atoms with Gasteiger partial charge in [-0.15, -0.1) is 0 Å². The molecule has 2 atom stereocenters. The van der Waals surface area contributed by atoms with E-state index in [1.165, 1.54) is 19.3 Å². The first-order valence-electron chi connectivity index (χ1n) is 5.58. The molecule has 3 nitrogen and oxygen atoms in total. The molecule has 0 aromatic heterocycles. The van der Waals surface area contributed by atoms with Crippen molar-refractivity contribution >= 4 is 5.97 Å². The fraction of sp³-hybridized carbons (Fsp3) is 0.909. The summed E-state index contributed by atoms with van der Waals surface area (Å²) >= 11 is 0. The van der Waals surface area contributed by atoms with Crippen LogP contribution >= 0.6 is 0 Å². The van der Waals surface area contributed by atoms with Gasteiger partial charge in [-0.05, 0) is 6.42 Å². The predicted molar refractivity (Wildman–Crippen MR) is 53.8 cm³/mol. The molecule has 1 aliphatic rings. The predicted octanol–water partition coefficient (Wildman–Crippen LogP) is 1.88. The third-order valence-electron chi connectivity index (χ3n) is 2.83. The molecule has 0 spiro atoms. The first-order chi connectivity index (χ1) is 6.77. The smallest absolute Gasteiger partial charge is 0.306 e. The Bertz CT molecular complexity index is 179. The normalized spacial score (nSPS) is 26.6. The summed E-state index contributed by atoms with van der Waals surface area (Å²) in [7, 11) is 0. The van der Waals surface area contributed by atoms with E-state index < -0.39 is 0 Å². The summed E-state index contributed by atoms with van der Waals surface area (Å²) in [4.78, 5) is 11.1. The van der Waals surface area contributed by atoms with Crippen molar-refractivity contribution in [3.63, 3.8) is 0 Å². The standard InChI is InChI=1S/C11H20O3/c1-2-3-4-5-9-8-11(13)14-10(9)6-7-12/h9-10,12H,2-8H2,1H3/t9-,10+/m0/s1. The van der Waals surface area contributed by atoms with E-state index in [1.54, 1.807) is 0 Å². The van der Waals surface area contributed by atoms with Crippen LogP contribution in [0.5, 0.6) is 0 Å². The van der Waals surface area contributed by atoms with Crippen LogP contribution in [0.15, 0.2) is 0 Å². The molecule has 1 fully saturated rings. The quantitative estimate of drug-likeness (QED) is 0.526. The van der Waals surface area contributed by atoms with Crippen LogP contribution in [0.1, 0.15) is 45.4 Å². The van der Waals surface area contributed by atoms with Gasteiger partial charge < -0.3 is 9.84 Å². The Balaban J connectivity index is 2.29. The molecule has 1 heterocycles. The number of carbonyl (C=O) groups excluding carboxylic acids is 1. The van der Waals surface area contributed by atoms with Gasteiger partial charge in [0.15, 0.2) is 0 Å². The fourth-order valence-corrected chi connectivity index (χ4v) is 2.03. The average molecular weight is 200 g/mol. The third kappa shape index (κ3) is 3.29. The highest BCUT2D eigenvalue weighted by molar-refractivity contribution is 5.72. The lowest BCUT2D eigenvalue weighted by atomic mass is 9.93. The molecule has 3 heteroatoms. The van der Waals surface area contributed by atoms with Crippen molar-refractivity contribution in [1.29, 1.82) is 0 Å². The summed E-state index contributed by atoms with van der Waals surface area (Å²) in [6.07, 6.45) is 5.77. The third-order valence-corrected chi connectivity index (χ3v) is 2.83. The molecule has 0 radical (unpaired) electrons. The maximum absolute atomic E-state index is 11.1. The summed E-state index contributed by atoms with van der Waals surface area (Å²) < 4.78 is 5.15. The van der Waals surface area contributed by atoms with Crippen LogP contribution in [0, 0.1) is 5.92 Å². The summed E-state index contributed by atoms with van der Waals surface area (Å²) in [6, 6.07) is 0. The molecule has 14 heavy (non-hydrogen) atoms. The van der Waals surface area contributed by atoms with Gasteiger partial charge in [-0.1, -0.05) is 26.2 Å². The molecule has 1 saturated heterocycles. The number of esters is 1. The van der Waals surface area contributed by atoms with Crippen LogP contribution in [0.2, 0.25) is 0 Å². The highest BCUT2D eigenvalue weighted by Gasteiger charge is 2.33. The van der Waals surface area contributed by atoms with Gasteiger partial charge in [-0.25, -0.2) is 0 Å². The second kappa shape index (κ2) is 6.02. The number of aliphatic hydroxyl groups is 1. The Morgan fingerprint density at radius 1 is 1.43 bits per heavy atom. The highest BCUT2D eigenvalue weighted by atomic mass is 16.6. The van der Waals surface area contributed by atoms with E-state index in [4.69, 9.17) is 9.84 Å². The zero-order chi connectivity index (χ0) is 10.4. The lowest BCUT2D eigenvalue weighted by molar-refractivity contribution is -0.141. The van der Waals surface area contributed by atoms with Crippen LogP contribution in [0.4, 0.5) is 0 Å². The molecule has 0 bridgehead atoms. The van der Waals surface area contributed by atoms with E-state index >= 15 is 0 Å². The molecule has 0 aromatic rings. The van der Waals surface area contributed by atoms with Gasteiger partial charge >= 0.3 is 5.97 Å². The largest absolute Gasteiger partial charge is 0.462 e. The average Bonchev–Trinajstić information content (AvgIpc) is 2.48. The molecule has 0 aromatic carbocycles. The number of hydrogen-bond donors (Lipinski definition) is 1. The monoisotopic (exact) mass is 200 g/mol. The first-order valence-corrected chi connectivity index (χ1v) is 5.58. The number of carbonyl (C=O) groups is 1.